The zero-order valence-corrected chi connectivity index (χ0v) is 6.91. The normalized spacial score (nSPS) is 13.0. The number of nitrogens with zero attached hydrogens (tertiary/aromatic N) is 2. The van der Waals surface area contributed by atoms with Gasteiger partial charge in [0, 0.05) is 31.9 Å². The van der Waals surface area contributed by atoms with Crippen molar-refractivity contribution in [3.63, 3.8) is 0 Å². The van der Waals surface area contributed by atoms with E-state index in [1.165, 1.54) is 0 Å². The molecule has 0 spiro atoms. The Bertz CT molecular complexity index is 216. The van der Waals surface area contributed by atoms with Crippen molar-refractivity contribution in [2.24, 2.45) is 12.8 Å². The first-order chi connectivity index (χ1) is 5.18. The quantitative estimate of drug-likeness (QED) is 0.653. The molecule has 0 aliphatic carbocycles. The smallest absolute Gasteiger partial charge is 0.148 e. The van der Waals surface area contributed by atoms with Gasteiger partial charge in [0.05, 0.1) is 0 Å². The van der Waals surface area contributed by atoms with Gasteiger partial charge in [-0.05, 0) is 6.92 Å². The average Bonchev–Trinajstić information content (AvgIpc) is 2.31. The molecule has 0 radical (unpaired) electrons. The predicted molar refractivity (Wildman–Crippen MR) is 45.3 cm³/mol. The minimum absolute atomic E-state index is 0.164. The Morgan fingerprint density at radius 1 is 1.82 bits per heavy atom. The molecule has 0 fully saturated rings. The van der Waals surface area contributed by atoms with Crippen molar-refractivity contribution in [2.75, 3.05) is 11.9 Å². The summed E-state index contributed by atoms with van der Waals surface area (Å²) in [5, 5.41) is 7.24. The van der Waals surface area contributed by atoms with E-state index in [9.17, 15) is 0 Å². The first kappa shape index (κ1) is 8.07. The fourth-order valence-corrected chi connectivity index (χ4v) is 0.775. The third kappa shape index (κ3) is 2.59. The Labute approximate surface area is 66.4 Å². The number of anilines is 1. The summed E-state index contributed by atoms with van der Waals surface area (Å²) in [5.41, 5.74) is 5.55. The molecule has 0 aliphatic rings. The van der Waals surface area contributed by atoms with Crippen LogP contribution in [0.4, 0.5) is 5.82 Å². The first-order valence-corrected chi connectivity index (χ1v) is 3.67. The molecule has 4 heteroatoms. The highest BCUT2D eigenvalue weighted by Crippen LogP contribution is 1.99. The summed E-state index contributed by atoms with van der Waals surface area (Å²) in [6.45, 7) is 2.72. The highest BCUT2D eigenvalue weighted by molar-refractivity contribution is 5.31. The lowest BCUT2D eigenvalue weighted by Crippen LogP contribution is -2.25. The SMILES string of the molecule is CC(N)CNc1ccn(C)n1. The van der Waals surface area contributed by atoms with Crippen molar-refractivity contribution < 1.29 is 0 Å². The van der Waals surface area contributed by atoms with Crippen LogP contribution >= 0.6 is 0 Å². The van der Waals surface area contributed by atoms with Gasteiger partial charge in [-0.3, -0.25) is 4.68 Å². The molecule has 0 amide bonds. The van der Waals surface area contributed by atoms with Gasteiger partial charge in [0.2, 0.25) is 0 Å². The van der Waals surface area contributed by atoms with Crippen LogP contribution in [-0.4, -0.2) is 22.4 Å². The fraction of sp³-hybridized carbons (Fsp3) is 0.571. The molecule has 3 N–H and O–H groups in total. The van der Waals surface area contributed by atoms with Crippen LogP contribution in [0.5, 0.6) is 0 Å². The maximum Gasteiger partial charge on any atom is 0.148 e. The van der Waals surface area contributed by atoms with Crippen LogP contribution in [0.1, 0.15) is 6.92 Å². The van der Waals surface area contributed by atoms with E-state index in [-0.39, 0.29) is 6.04 Å². The predicted octanol–water partition coefficient (Wildman–Crippen LogP) is 0.179. The van der Waals surface area contributed by atoms with Crippen molar-refractivity contribution in [1.29, 1.82) is 0 Å². The Morgan fingerprint density at radius 2 is 2.55 bits per heavy atom. The third-order valence-corrected chi connectivity index (χ3v) is 1.32. The Morgan fingerprint density at radius 3 is 3.00 bits per heavy atom. The van der Waals surface area contributed by atoms with Crippen molar-refractivity contribution in [2.45, 2.75) is 13.0 Å². The summed E-state index contributed by atoms with van der Waals surface area (Å²) in [6, 6.07) is 2.08. The minimum Gasteiger partial charge on any atom is -0.367 e. The van der Waals surface area contributed by atoms with E-state index >= 15 is 0 Å². The van der Waals surface area contributed by atoms with Crippen LogP contribution in [0, 0.1) is 0 Å². The number of rotatable bonds is 3. The number of nitrogens with two attached hydrogens (primary N) is 1. The molecule has 0 aliphatic heterocycles. The summed E-state index contributed by atoms with van der Waals surface area (Å²) in [7, 11) is 1.89. The zero-order chi connectivity index (χ0) is 8.27. The average molecular weight is 154 g/mol. The minimum atomic E-state index is 0.164. The van der Waals surface area contributed by atoms with Gasteiger partial charge >= 0.3 is 0 Å². The molecule has 11 heavy (non-hydrogen) atoms. The van der Waals surface area contributed by atoms with E-state index in [1.807, 2.05) is 26.2 Å². The van der Waals surface area contributed by atoms with Gasteiger partial charge in [0.1, 0.15) is 5.82 Å². The van der Waals surface area contributed by atoms with E-state index in [0.29, 0.717) is 0 Å². The van der Waals surface area contributed by atoms with Gasteiger partial charge in [-0.15, -0.1) is 0 Å². The maximum atomic E-state index is 5.55. The van der Waals surface area contributed by atoms with Gasteiger partial charge in [-0.1, -0.05) is 0 Å². The molecule has 0 saturated heterocycles. The lowest BCUT2D eigenvalue weighted by Gasteiger charge is -2.04. The van der Waals surface area contributed by atoms with E-state index in [0.717, 1.165) is 12.4 Å². The van der Waals surface area contributed by atoms with Gasteiger partial charge in [-0.25, -0.2) is 0 Å². The molecular formula is C7H14N4. The molecular weight excluding hydrogens is 140 g/mol. The second-order valence-electron chi connectivity index (χ2n) is 2.73. The molecule has 1 aromatic rings. The number of aromatic nitrogens is 2. The van der Waals surface area contributed by atoms with Crippen molar-refractivity contribution >= 4 is 5.82 Å². The largest absolute Gasteiger partial charge is 0.367 e. The molecule has 0 aromatic carbocycles. The standard InChI is InChI=1S/C7H14N4/c1-6(8)5-9-7-3-4-11(2)10-7/h3-4,6H,5,8H2,1-2H3,(H,9,10). The van der Waals surface area contributed by atoms with Gasteiger partial charge in [0.15, 0.2) is 0 Å². The van der Waals surface area contributed by atoms with Gasteiger partial charge < -0.3 is 11.1 Å². The number of hydrogen-bond donors (Lipinski definition) is 2. The lowest BCUT2D eigenvalue weighted by atomic mass is 10.4. The molecule has 0 saturated carbocycles. The Balaban J connectivity index is 2.39. The van der Waals surface area contributed by atoms with Gasteiger partial charge in [0.25, 0.3) is 0 Å². The summed E-state index contributed by atoms with van der Waals surface area (Å²) < 4.78 is 1.75. The molecule has 4 nitrogen and oxygen atoms in total. The van der Waals surface area contributed by atoms with Crippen LogP contribution in [-0.2, 0) is 7.05 Å². The topological polar surface area (TPSA) is 55.9 Å². The third-order valence-electron chi connectivity index (χ3n) is 1.32. The second kappa shape index (κ2) is 3.39. The molecule has 1 aromatic heterocycles. The number of aryl methyl sites for hydroxylation is 1. The van der Waals surface area contributed by atoms with Crippen LogP contribution in [0.2, 0.25) is 0 Å². The molecule has 1 rings (SSSR count). The number of nitrogens with one attached hydrogen (secondary N) is 1. The number of hydrogen-bond acceptors (Lipinski definition) is 3. The highest BCUT2D eigenvalue weighted by atomic mass is 15.3. The van der Waals surface area contributed by atoms with Crippen LogP contribution in [0.3, 0.4) is 0 Å². The molecule has 1 atom stereocenters. The monoisotopic (exact) mass is 154 g/mol. The molecule has 62 valence electrons. The highest BCUT2D eigenvalue weighted by Gasteiger charge is 1.96. The van der Waals surface area contributed by atoms with E-state index in [2.05, 4.69) is 10.4 Å². The van der Waals surface area contributed by atoms with E-state index in [1.54, 1.807) is 4.68 Å². The van der Waals surface area contributed by atoms with Crippen LogP contribution in [0.25, 0.3) is 0 Å². The van der Waals surface area contributed by atoms with E-state index in [4.69, 9.17) is 5.73 Å². The summed E-state index contributed by atoms with van der Waals surface area (Å²) in [5.74, 6) is 0.879. The maximum absolute atomic E-state index is 5.55. The van der Waals surface area contributed by atoms with Crippen molar-refractivity contribution in [3.8, 4) is 0 Å². The van der Waals surface area contributed by atoms with Gasteiger partial charge in [-0.2, -0.15) is 5.10 Å². The molecule has 1 unspecified atom stereocenters. The molecule has 0 bridgehead atoms. The van der Waals surface area contributed by atoms with Crippen molar-refractivity contribution in [3.05, 3.63) is 12.3 Å². The summed E-state index contributed by atoms with van der Waals surface area (Å²) in [6.07, 6.45) is 1.89. The van der Waals surface area contributed by atoms with Crippen LogP contribution < -0.4 is 11.1 Å². The Hall–Kier alpha value is -1.03. The molecule has 1 heterocycles. The summed E-state index contributed by atoms with van der Waals surface area (Å²) >= 11 is 0. The van der Waals surface area contributed by atoms with Crippen molar-refractivity contribution in [1.82, 2.24) is 9.78 Å². The summed E-state index contributed by atoms with van der Waals surface area (Å²) in [4.78, 5) is 0. The lowest BCUT2D eigenvalue weighted by molar-refractivity contribution is 0.750. The second-order valence-corrected chi connectivity index (χ2v) is 2.73. The van der Waals surface area contributed by atoms with E-state index < -0.39 is 0 Å². The fourth-order valence-electron chi connectivity index (χ4n) is 0.775. The van der Waals surface area contributed by atoms with Crippen LogP contribution in [0.15, 0.2) is 12.3 Å². The zero-order valence-electron chi connectivity index (χ0n) is 6.91. The Kier molecular flexibility index (Phi) is 2.48. The first-order valence-electron chi connectivity index (χ1n) is 3.67.